The Kier molecular flexibility index (Phi) is 4.45. The summed E-state index contributed by atoms with van der Waals surface area (Å²) in [6.07, 6.45) is 3.56. The Morgan fingerprint density at radius 1 is 1.30 bits per heavy atom. The fourth-order valence-corrected chi connectivity index (χ4v) is 2.10. The van der Waals surface area contributed by atoms with Crippen LogP contribution >= 0.6 is 0 Å². The number of hydrogen-bond acceptors (Lipinski definition) is 5. The number of ether oxygens (including phenoxy) is 1. The maximum absolute atomic E-state index is 5.34. The number of nitrogens with zero attached hydrogens (tertiary/aromatic N) is 4. The number of aromatic nitrogens is 3. The van der Waals surface area contributed by atoms with E-state index in [0.717, 1.165) is 23.6 Å². The molecule has 0 aromatic carbocycles. The van der Waals surface area contributed by atoms with Crippen molar-refractivity contribution in [1.82, 2.24) is 14.8 Å². The van der Waals surface area contributed by atoms with Crippen LogP contribution < -0.4 is 15.0 Å². The highest BCUT2D eigenvalue weighted by atomic mass is 16.5. The van der Waals surface area contributed by atoms with Crippen LogP contribution in [0, 0.1) is 0 Å². The Morgan fingerprint density at radius 2 is 2.10 bits per heavy atom. The molecule has 0 atom stereocenters. The van der Waals surface area contributed by atoms with Crippen molar-refractivity contribution >= 4 is 11.4 Å². The molecule has 0 fully saturated rings. The lowest BCUT2D eigenvalue weighted by Gasteiger charge is -2.20. The van der Waals surface area contributed by atoms with E-state index < -0.39 is 0 Å². The van der Waals surface area contributed by atoms with Crippen molar-refractivity contribution in [2.45, 2.75) is 20.0 Å². The van der Waals surface area contributed by atoms with Crippen LogP contribution in [-0.2, 0) is 13.1 Å². The molecule has 0 spiro atoms. The molecule has 6 heteroatoms. The molecule has 0 radical (unpaired) electrons. The van der Waals surface area contributed by atoms with Crippen LogP contribution in [0.25, 0.3) is 0 Å². The van der Waals surface area contributed by atoms with E-state index in [4.69, 9.17) is 4.74 Å². The van der Waals surface area contributed by atoms with Gasteiger partial charge in [0, 0.05) is 33.0 Å². The van der Waals surface area contributed by atoms with Gasteiger partial charge in [0.2, 0.25) is 5.88 Å². The highest BCUT2D eigenvalue weighted by Crippen LogP contribution is 2.32. The predicted molar refractivity (Wildman–Crippen MR) is 80.3 cm³/mol. The fourth-order valence-electron chi connectivity index (χ4n) is 2.10. The summed E-state index contributed by atoms with van der Waals surface area (Å²) in [5, 5.41) is 7.67. The van der Waals surface area contributed by atoms with Crippen molar-refractivity contribution in [1.29, 1.82) is 0 Å². The van der Waals surface area contributed by atoms with Crippen molar-refractivity contribution in [3.05, 3.63) is 30.2 Å². The molecule has 0 bridgehead atoms. The Hall–Kier alpha value is -2.24. The lowest BCUT2D eigenvalue weighted by molar-refractivity contribution is 0.399. The van der Waals surface area contributed by atoms with Gasteiger partial charge in [-0.2, -0.15) is 5.10 Å². The second kappa shape index (κ2) is 6.27. The number of nitrogens with one attached hydrogen (secondary N) is 1. The number of pyridine rings is 1. The summed E-state index contributed by atoms with van der Waals surface area (Å²) < 4.78 is 7.30. The minimum Gasteiger partial charge on any atom is -0.479 e. The van der Waals surface area contributed by atoms with Gasteiger partial charge in [-0.1, -0.05) is 0 Å². The smallest absolute Gasteiger partial charge is 0.239 e. The zero-order valence-electron chi connectivity index (χ0n) is 12.4. The average molecular weight is 275 g/mol. The standard InChI is InChI=1S/C14H21N5O/c1-5-19-11(6-9-17-19)10-16-13-12(18(2)3)7-8-15-14(13)20-4/h6-9,16H,5,10H2,1-4H3. The number of anilines is 2. The molecule has 0 saturated heterocycles. The normalized spacial score (nSPS) is 10.4. The summed E-state index contributed by atoms with van der Waals surface area (Å²) in [5.74, 6) is 0.596. The molecule has 2 heterocycles. The Balaban J connectivity index is 2.24. The van der Waals surface area contributed by atoms with Crippen LogP contribution in [0.4, 0.5) is 11.4 Å². The molecule has 2 rings (SSSR count). The maximum Gasteiger partial charge on any atom is 0.239 e. The highest BCUT2D eigenvalue weighted by molar-refractivity contribution is 5.74. The van der Waals surface area contributed by atoms with Gasteiger partial charge in [-0.15, -0.1) is 0 Å². The zero-order chi connectivity index (χ0) is 14.5. The second-order valence-electron chi connectivity index (χ2n) is 4.60. The summed E-state index contributed by atoms with van der Waals surface area (Å²) in [5.41, 5.74) is 3.06. The van der Waals surface area contributed by atoms with Crippen molar-refractivity contribution in [2.24, 2.45) is 0 Å². The molecule has 108 valence electrons. The van der Waals surface area contributed by atoms with Gasteiger partial charge < -0.3 is 15.0 Å². The zero-order valence-corrected chi connectivity index (χ0v) is 12.4. The van der Waals surface area contributed by atoms with Gasteiger partial charge in [0.25, 0.3) is 0 Å². The molecule has 0 unspecified atom stereocenters. The molecular formula is C14H21N5O. The van der Waals surface area contributed by atoms with E-state index in [1.54, 1.807) is 13.3 Å². The van der Waals surface area contributed by atoms with E-state index in [1.165, 1.54) is 0 Å². The second-order valence-corrected chi connectivity index (χ2v) is 4.60. The molecule has 0 aliphatic carbocycles. The minimum absolute atomic E-state index is 0.596. The Morgan fingerprint density at radius 3 is 2.75 bits per heavy atom. The Bertz CT molecular complexity index is 564. The van der Waals surface area contributed by atoms with Crippen molar-refractivity contribution in [3.63, 3.8) is 0 Å². The van der Waals surface area contributed by atoms with Crippen molar-refractivity contribution < 1.29 is 4.74 Å². The third-order valence-electron chi connectivity index (χ3n) is 3.12. The van der Waals surface area contributed by atoms with E-state index in [1.807, 2.05) is 42.0 Å². The average Bonchev–Trinajstić information content (AvgIpc) is 2.91. The molecule has 2 aromatic rings. The van der Waals surface area contributed by atoms with Crippen molar-refractivity contribution in [2.75, 3.05) is 31.4 Å². The monoisotopic (exact) mass is 275 g/mol. The van der Waals surface area contributed by atoms with Gasteiger partial charge in [0.05, 0.1) is 25.0 Å². The van der Waals surface area contributed by atoms with E-state index in [9.17, 15) is 0 Å². The van der Waals surface area contributed by atoms with Crippen LogP contribution in [0.15, 0.2) is 24.5 Å². The van der Waals surface area contributed by atoms with Crippen LogP contribution in [0.1, 0.15) is 12.6 Å². The number of methoxy groups -OCH3 is 1. The first kappa shape index (κ1) is 14.2. The SMILES string of the molecule is CCn1nccc1CNc1c(N(C)C)ccnc1OC. The topological polar surface area (TPSA) is 55.2 Å². The van der Waals surface area contributed by atoms with E-state index in [2.05, 4.69) is 22.3 Å². The van der Waals surface area contributed by atoms with E-state index in [0.29, 0.717) is 12.4 Å². The molecule has 0 aliphatic rings. The number of hydrogen-bond donors (Lipinski definition) is 1. The summed E-state index contributed by atoms with van der Waals surface area (Å²) in [4.78, 5) is 6.28. The van der Waals surface area contributed by atoms with Gasteiger partial charge in [-0.25, -0.2) is 4.98 Å². The molecule has 20 heavy (non-hydrogen) atoms. The predicted octanol–water partition coefficient (Wildman–Crippen LogP) is 1.98. The highest BCUT2D eigenvalue weighted by Gasteiger charge is 2.12. The van der Waals surface area contributed by atoms with E-state index in [-0.39, 0.29) is 0 Å². The third-order valence-corrected chi connectivity index (χ3v) is 3.12. The molecule has 1 N–H and O–H groups in total. The van der Waals surface area contributed by atoms with Gasteiger partial charge in [-0.3, -0.25) is 4.68 Å². The molecular weight excluding hydrogens is 254 g/mol. The first-order valence-corrected chi connectivity index (χ1v) is 6.62. The largest absolute Gasteiger partial charge is 0.479 e. The molecule has 0 aliphatic heterocycles. The first-order chi connectivity index (χ1) is 9.67. The number of rotatable bonds is 6. The quantitative estimate of drug-likeness (QED) is 0.873. The van der Waals surface area contributed by atoms with Gasteiger partial charge in [0.15, 0.2) is 0 Å². The molecule has 2 aromatic heterocycles. The van der Waals surface area contributed by atoms with Gasteiger partial charge in [-0.05, 0) is 19.1 Å². The molecule has 6 nitrogen and oxygen atoms in total. The summed E-state index contributed by atoms with van der Waals surface area (Å²) in [6, 6.07) is 3.97. The molecule has 0 amide bonds. The van der Waals surface area contributed by atoms with Gasteiger partial charge >= 0.3 is 0 Å². The Labute approximate surface area is 119 Å². The van der Waals surface area contributed by atoms with Crippen LogP contribution in [0.2, 0.25) is 0 Å². The van der Waals surface area contributed by atoms with Crippen LogP contribution in [0.5, 0.6) is 5.88 Å². The lowest BCUT2D eigenvalue weighted by atomic mass is 10.3. The van der Waals surface area contributed by atoms with E-state index >= 15 is 0 Å². The van der Waals surface area contributed by atoms with Crippen LogP contribution in [0.3, 0.4) is 0 Å². The number of aryl methyl sites for hydroxylation is 1. The maximum atomic E-state index is 5.34. The molecule has 0 saturated carbocycles. The van der Waals surface area contributed by atoms with Gasteiger partial charge in [0.1, 0.15) is 5.69 Å². The van der Waals surface area contributed by atoms with Crippen LogP contribution in [-0.4, -0.2) is 36.0 Å². The summed E-state index contributed by atoms with van der Waals surface area (Å²) >= 11 is 0. The van der Waals surface area contributed by atoms with Crippen molar-refractivity contribution in [3.8, 4) is 5.88 Å². The summed E-state index contributed by atoms with van der Waals surface area (Å²) in [6.45, 7) is 3.61. The third kappa shape index (κ3) is 2.84. The minimum atomic E-state index is 0.596. The lowest BCUT2D eigenvalue weighted by Crippen LogP contribution is -2.14. The fraction of sp³-hybridized carbons (Fsp3) is 0.429. The summed E-state index contributed by atoms with van der Waals surface area (Å²) in [7, 11) is 5.62. The first-order valence-electron chi connectivity index (χ1n) is 6.62.